The molecule has 0 atom stereocenters. The van der Waals surface area contributed by atoms with Crippen LogP contribution in [0.2, 0.25) is 0 Å². The van der Waals surface area contributed by atoms with Crippen LogP contribution >= 0.6 is 0 Å². The summed E-state index contributed by atoms with van der Waals surface area (Å²) in [6, 6.07) is 3.28. The molecule has 0 radical (unpaired) electrons. The van der Waals surface area contributed by atoms with Gasteiger partial charge >= 0.3 is 0 Å². The molecule has 0 unspecified atom stereocenters. The summed E-state index contributed by atoms with van der Waals surface area (Å²) in [7, 11) is 0. The van der Waals surface area contributed by atoms with Gasteiger partial charge in [-0.3, -0.25) is 0 Å². The van der Waals surface area contributed by atoms with Gasteiger partial charge in [-0.15, -0.1) is 6.58 Å². The van der Waals surface area contributed by atoms with Crippen molar-refractivity contribution in [2.45, 2.75) is 26.3 Å². The lowest BCUT2D eigenvalue weighted by Crippen LogP contribution is -2.07. The smallest absolute Gasteiger partial charge is 0.132 e. The highest BCUT2D eigenvalue weighted by Gasteiger charge is 2.18. The molecule has 3 nitrogen and oxygen atoms in total. The number of nitrogens with zero attached hydrogens (tertiary/aromatic N) is 2. The molecule has 0 spiro atoms. The van der Waals surface area contributed by atoms with Crippen LogP contribution in [0.3, 0.4) is 0 Å². The normalized spacial score (nSPS) is 11.1. The molecule has 0 aliphatic carbocycles. The third-order valence-electron chi connectivity index (χ3n) is 3.00. The molecule has 0 bridgehead atoms. The second kappa shape index (κ2) is 5.45. The molecular formula is C15H17F2N3. The topological polar surface area (TPSA) is 43.8 Å². The predicted octanol–water partition coefficient (Wildman–Crippen LogP) is 3.72. The average Bonchev–Trinajstić information content (AvgIpc) is 2.67. The first-order valence-electron chi connectivity index (χ1n) is 6.37. The van der Waals surface area contributed by atoms with Crippen LogP contribution < -0.4 is 5.73 Å². The van der Waals surface area contributed by atoms with Crippen LogP contribution in [0.25, 0.3) is 11.3 Å². The van der Waals surface area contributed by atoms with E-state index in [1.54, 1.807) is 10.6 Å². The average molecular weight is 277 g/mol. The second-order valence-corrected chi connectivity index (χ2v) is 4.92. The van der Waals surface area contributed by atoms with Crippen molar-refractivity contribution in [3.05, 3.63) is 48.3 Å². The van der Waals surface area contributed by atoms with Crippen LogP contribution in [-0.2, 0) is 6.54 Å². The Balaban J connectivity index is 2.62. The summed E-state index contributed by atoms with van der Waals surface area (Å²) in [5.74, 6) is -0.00221. The van der Waals surface area contributed by atoms with Crippen molar-refractivity contribution in [1.29, 1.82) is 0 Å². The highest BCUT2D eigenvalue weighted by atomic mass is 19.1. The van der Waals surface area contributed by atoms with Crippen LogP contribution in [0.15, 0.2) is 30.9 Å². The van der Waals surface area contributed by atoms with Crippen molar-refractivity contribution < 1.29 is 8.78 Å². The maximum Gasteiger partial charge on any atom is 0.132 e. The number of benzene rings is 1. The third kappa shape index (κ3) is 2.57. The highest BCUT2D eigenvalue weighted by molar-refractivity contribution is 5.71. The first-order chi connectivity index (χ1) is 9.43. The highest BCUT2D eigenvalue weighted by Crippen LogP contribution is 2.30. The summed E-state index contributed by atoms with van der Waals surface area (Å²) in [6.45, 7) is 8.15. The molecule has 0 saturated heterocycles. The predicted molar refractivity (Wildman–Crippen MR) is 76.3 cm³/mol. The summed E-state index contributed by atoms with van der Waals surface area (Å²) in [4.78, 5) is 4.44. The Hall–Kier alpha value is -2.17. The molecule has 1 heterocycles. The van der Waals surface area contributed by atoms with Gasteiger partial charge in [-0.05, 0) is 12.1 Å². The van der Waals surface area contributed by atoms with Crippen molar-refractivity contribution in [3.8, 4) is 11.3 Å². The van der Waals surface area contributed by atoms with E-state index in [1.807, 2.05) is 13.8 Å². The maximum absolute atomic E-state index is 13.3. The Morgan fingerprint density at radius 2 is 1.90 bits per heavy atom. The molecule has 1 aromatic heterocycles. The summed E-state index contributed by atoms with van der Waals surface area (Å²) in [5, 5.41) is 0. The number of nitrogens with two attached hydrogens (primary N) is 1. The molecule has 5 heteroatoms. The van der Waals surface area contributed by atoms with Gasteiger partial charge in [0.25, 0.3) is 0 Å². The largest absolute Gasteiger partial charge is 0.383 e. The molecular weight excluding hydrogens is 260 g/mol. The molecule has 0 fully saturated rings. The summed E-state index contributed by atoms with van der Waals surface area (Å²) >= 11 is 0. The molecule has 1 aromatic carbocycles. The Bertz CT molecular complexity index is 625. The van der Waals surface area contributed by atoms with E-state index in [9.17, 15) is 8.78 Å². The molecule has 2 N–H and O–H groups in total. The van der Waals surface area contributed by atoms with Gasteiger partial charge in [0.2, 0.25) is 0 Å². The first kappa shape index (κ1) is 14.2. The second-order valence-electron chi connectivity index (χ2n) is 4.92. The van der Waals surface area contributed by atoms with Crippen molar-refractivity contribution in [3.63, 3.8) is 0 Å². The maximum atomic E-state index is 13.3. The van der Waals surface area contributed by atoms with Crippen LogP contribution in [-0.4, -0.2) is 9.55 Å². The Morgan fingerprint density at radius 1 is 1.30 bits per heavy atom. The molecule has 0 saturated carbocycles. The van der Waals surface area contributed by atoms with E-state index in [-0.39, 0.29) is 5.92 Å². The van der Waals surface area contributed by atoms with Crippen molar-refractivity contribution in [2.24, 2.45) is 0 Å². The number of hydrogen-bond donors (Lipinski definition) is 1. The zero-order valence-corrected chi connectivity index (χ0v) is 11.5. The monoisotopic (exact) mass is 277 g/mol. The number of hydrogen-bond acceptors (Lipinski definition) is 2. The standard InChI is InChI=1S/C15H17F2N3/c1-4-5-20-14(18)13(19-15(20)9(2)3)10-6-11(16)8-12(17)7-10/h4,6-9H,1,5,18H2,2-3H3. The number of anilines is 1. The summed E-state index contributed by atoms with van der Waals surface area (Å²) in [5.41, 5.74) is 6.80. The van der Waals surface area contributed by atoms with Crippen LogP contribution in [0.5, 0.6) is 0 Å². The molecule has 2 rings (SSSR count). The summed E-state index contributed by atoms with van der Waals surface area (Å²) in [6.07, 6.45) is 1.71. The zero-order chi connectivity index (χ0) is 14.9. The van der Waals surface area contributed by atoms with E-state index in [0.717, 1.165) is 11.9 Å². The van der Waals surface area contributed by atoms with Gasteiger partial charge in [-0.2, -0.15) is 0 Å². The lowest BCUT2D eigenvalue weighted by molar-refractivity contribution is 0.584. The zero-order valence-electron chi connectivity index (χ0n) is 11.5. The van der Waals surface area contributed by atoms with Gasteiger partial charge in [0.05, 0.1) is 0 Å². The number of aromatic nitrogens is 2. The number of halogens is 2. The third-order valence-corrected chi connectivity index (χ3v) is 3.00. The minimum Gasteiger partial charge on any atom is -0.383 e. The van der Waals surface area contributed by atoms with E-state index in [2.05, 4.69) is 11.6 Å². The van der Waals surface area contributed by atoms with E-state index < -0.39 is 11.6 Å². The molecule has 0 amide bonds. The van der Waals surface area contributed by atoms with E-state index >= 15 is 0 Å². The fraction of sp³-hybridized carbons (Fsp3) is 0.267. The molecule has 20 heavy (non-hydrogen) atoms. The fourth-order valence-electron chi connectivity index (χ4n) is 2.15. The van der Waals surface area contributed by atoms with Crippen molar-refractivity contribution in [1.82, 2.24) is 9.55 Å². The quantitative estimate of drug-likeness (QED) is 0.866. The van der Waals surface area contributed by atoms with Gasteiger partial charge in [-0.25, -0.2) is 13.8 Å². The lowest BCUT2D eigenvalue weighted by atomic mass is 10.1. The summed E-state index contributed by atoms with van der Waals surface area (Å²) < 4.78 is 28.5. The Kier molecular flexibility index (Phi) is 3.88. The number of nitrogen functional groups attached to an aromatic ring is 1. The lowest BCUT2D eigenvalue weighted by Gasteiger charge is -2.09. The minimum atomic E-state index is -0.649. The van der Waals surface area contributed by atoms with E-state index in [0.29, 0.717) is 23.6 Å². The van der Waals surface area contributed by atoms with Crippen molar-refractivity contribution in [2.75, 3.05) is 5.73 Å². The minimum absolute atomic E-state index is 0.143. The number of allylic oxidation sites excluding steroid dienone is 1. The van der Waals surface area contributed by atoms with E-state index in [1.165, 1.54) is 12.1 Å². The van der Waals surface area contributed by atoms with E-state index in [4.69, 9.17) is 5.73 Å². The van der Waals surface area contributed by atoms with Gasteiger partial charge < -0.3 is 10.3 Å². The van der Waals surface area contributed by atoms with Gasteiger partial charge in [0.1, 0.15) is 29.0 Å². The SMILES string of the molecule is C=CCn1c(C(C)C)nc(-c2cc(F)cc(F)c2)c1N. The van der Waals surface area contributed by atoms with Crippen LogP contribution in [0.4, 0.5) is 14.6 Å². The molecule has 106 valence electrons. The van der Waals surface area contributed by atoms with Gasteiger partial charge in [0, 0.05) is 24.1 Å². The molecule has 0 aliphatic rings. The molecule has 0 aliphatic heterocycles. The van der Waals surface area contributed by atoms with Crippen molar-refractivity contribution >= 4 is 5.82 Å². The Morgan fingerprint density at radius 3 is 2.40 bits per heavy atom. The fourth-order valence-corrected chi connectivity index (χ4v) is 2.15. The van der Waals surface area contributed by atoms with Crippen LogP contribution in [0.1, 0.15) is 25.6 Å². The van der Waals surface area contributed by atoms with Gasteiger partial charge in [0.15, 0.2) is 0 Å². The van der Waals surface area contributed by atoms with Crippen LogP contribution in [0, 0.1) is 11.6 Å². The van der Waals surface area contributed by atoms with Gasteiger partial charge in [-0.1, -0.05) is 19.9 Å². The Labute approximate surface area is 116 Å². The molecule has 2 aromatic rings. The number of rotatable bonds is 4. The first-order valence-corrected chi connectivity index (χ1v) is 6.37. The number of imidazole rings is 1.